The number of carbonyl (C=O) groups excluding carboxylic acids is 1. The highest BCUT2D eigenvalue weighted by Crippen LogP contribution is 2.63. The fourth-order valence-electron chi connectivity index (χ4n) is 3.13. The first-order valence-corrected chi connectivity index (χ1v) is 8.42. The van der Waals surface area contributed by atoms with Crippen LogP contribution in [0, 0.1) is 17.3 Å². The molecule has 1 amide bonds. The maximum absolute atomic E-state index is 12.1. The van der Waals surface area contributed by atoms with Crippen LogP contribution in [0.5, 0.6) is 5.06 Å². The minimum atomic E-state index is -0.243. The Bertz CT molecular complexity index is 986. The van der Waals surface area contributed by atoms with Crippen LogP contribution in [0.25, 0.3) is 6.08 Å². The van der Waals surface area contributed by atoms with Crippen LogP contribution in [0.1, 0.15) is 29.0 Å². The summed E-state index contributed by atoms with van der Waals surface area (Å²) >= 11 is 1.43. The van der Waals surface area contributed by atoms with Gasteiger partial charge < -0.3 is 10.2 Å². The third kappa shape index (κ3) is 1.65. The van der Waals surface area contributed by atoms with E-state index < -0.39 is 0 Å². The van der Waals surface area contributed by atoms with Crippen LogP contribution < -0.4 is 10.2 Å². The quantitative estimate of drug-likeness (QED) is 0.631. The number of thiophene rings is 1. The molecule has 2 fully saturated rings. The number of anilines is 1. The van der Waals surface area contributed by atoms with E-state index in [1.807, 2.05) is 20.2 Å². The molecule has 2 aromatic rings. The Hall–Kier alpha value is -2.79. The molecule has 24 heavy (non-hydrogen) atoms. The minimum Gasteiger partial charge on any atom is -0.371 e. The Morgan fingerprint density at radius 2 is 2.25 bits per heavy atom. The molecule has 0 aromatic carbocycles. The van der Waals surface area contributed by atoms with Crippen molar-refractivity contribution in [2.75, 3.05) is 12.4 Å². The maximum Gasteiger partial charge on any atom is 0.272 e. The van der Waals surface area contributed by atoms with Crippen molar-refractivity contribution in [3.8, 4) is 16.9 Å². The number of aryl methyl sites for hydroxylation is 1. The van der Waals surface area contributed by atoms with Gasteiger partial charge in [0.2, 0.25) is 5.06 Å². The van der Waals surface area contributed by atoms with Gasteiger partial charge in [-0.1, -0.05) is 16.6 Å². The summed E-state index contributed by atoms with van der Waals surface area (Å²) in [5, 5.41) is 13.2. The van der Waals surface area contributed by atoms with E-state index >= 15 is 0 Å². The first kappa shape index (κ1) is 13.6. The van der Waals surface area contributed by atoms with E-state index in [0.717, 1.165) is 34.8 Å². The third-order valence-corrected chi connectivity index (χ3v) is 5.55. The molecule has 2 aromatic heterocycles. The average Bonchev–Trinajstić information content (AvgIpc) is 3.22. The monoisotopic (exact) mass is 339 g/mol. The number of amides is 1. The van der Waals surface area contributed by atoms with E-state index in [1.165, 1.54) is 16.4 Å². The van der Waals surface area contributed by atoms with Gasteiger partial charge in [-0.15, -0.1) is 10.2 Å². The summed E-state index contributed by atoms with van der Waals surface area (Å²) in [5.41, 5.74) is 2.33. The number of hydroxylamine groups is 2. The fourth-order valence-corrected chi connectivity index (χ4v) is 3.97. The summed E-state index contributed by atoms with van der Waals surface area (Å²) in [5.74, 6) is 6.99. The first-order valence-electron chi connectivity index (χ1n) is 7.60. The van der Waals surface area contributed by atoms with Crippen molar-refractivity contribution in [1.82, 2.24) is 20.1 Å². The van der Waals surface area contributed by atoms with E-state index in [2.05, 4.69) is 33.5 Å². The first-order chi connectivity index (χ1) is 11.6. The summed E-state index contributed by atoms with van der Waals surface area (Å²) in [6.45, 7) is 0. The van der Waals surface area contributed by atoms with Crippen LogP contribution in [0.2, 0.25) is 0 Å². The second-order valence-electron chi connectivity index (χ2n) is 6.07. The van der Waals surface area contributed by atoms with Crippen LogP contribution in [0.15, 0.2) is 11.8 Å². The molecule has 1 aliphatic carbocycles. The molecule has 120 valence electrons. The number of aromatic nitrogens is 3. The molecule has 0 atom stereocenters. The Morgan fingerprint density at radius 3 is 3.00 bits per heavy atom. The molecule has 2 aliphatic heterocycles. The molecule has 1 spiro atoms. The molecular formula is C16H13N5O2S. The van der Waals surface area contributed by atoms with Gasteiger partial charge in [0.25, 0.3) is 5.91 Å². The lowest BCUT2D eigenvalue weighted by molar-refractivity contribution is -0.174. The number of β-lactam (4-membered cyclic amide) rings is 1. The number of hydrogen-bond acceptors (Lipinski definition) is 6. The number of rotatable bonds is 1. The maximum atomic E-state index is 12.1. The summed E-state index contributed by atoms with van der Waals surface area (Å²) in [4.78, 5) is 18.7. The van der Waals surface area contributed by atoms with E-state index in [4.69, 9.17) is 4.84 Å². The van der Waals surface area contributed by atoms with Crippen LogP contribution >= 0.6 is 11.3 Å². The molecule has 0 bridgehead atoms. The highest BCUT2D eigenvalue weighted by molar-refractivity contribution is 7.14. The molecule has 1 saturated carbocycles. The molecule has 1 saturated heterocycles. The highest BCUT2D eigenvalue weighted by Gasteiger charge is 2.67. The number of nitrogens with one attached hydrogen (secondary N) is 1. The van der Waals surface area contributed by atoms with Gasteiger partial charge in [0, 0.05) is 19.7 Å². The zero-order valence-electron chi connectivity index (χ0n) is 13.1. The Balaban J connectivity index is 1.47. The van der Waals surface area contributed by atoms with Crippen molar-refractivity contribution in [2.24, 2.45) is 12.5 Å². The number of nitrogens with zero attached hydrogens (tertiary/aromatic N) is 4. The van der Waals surface area contributed by atoms with Crippen molar-refractivity contribution in [2.45, 2.75) is 12.8 Å². The van der Waals surface area contributed by atoms with Crippen LogP contribution in [0.4, 0.5) is 5.82 Å². The second kappa shape index (κ2) is 4.39. The molecule has 3 aliphatic rings. The van der Waals surface area contributed by atoms with E-state index in [-0.39, 0.29) is 11.3 Å². The third-order valence-electron chi connectivity index (χ3n) is 4.61. The van der Waals surface area contributed by atoms with Crippen molar-refractivity contribution >= 4 is 29.1 Å². The standard InChI is InChI=1S/C16H13N5O2S/c1-17-13-11(18-19-20(13)2)4-3-10-7-9-8-12-16(5-6-16)15(22)21(12)23-14(9)24-10/h7-8,17H,5-6H2,1-2H3. The van der Waals surface area contributed by atoms with Gasteiger partial charge in [0.1, 0.15) is 0 Å². The number of fused-ring (bicyclic) bond motifs is 3. The van der Waals surface area contributed by atoms with Crippen LogP contribution in [-0.4, -0.2) is 33.0 Å². The van der Waals surface area contributed by atoms with Crippen molar-refractivity contribution in [1.29, 1.82) is 0 Å². The largest absolute Gasteiger partial charge is 0.371 e. The van der Waals surface area contributed by atoms with Gasteiger partial charge in [0.05, 0.1) is 16.0 Å². The zero-order valence-corrected chi connectivity index (χ0v) is 13.9. The topological polar surface area (TPSA) is 72.3 Å². The Labute approximate surface area is 141 Å². The predicted molar refractivity (Wildman–Crippen MR) is 88.0 cm³/mol. The van der Waals surface area contributed by atoms with Gasteiger partial charge in [-0.2, -0.15) is 0 Å². The van der Waals surface area contributed by atoms with Gasteiger partial charge in [-0.05, 0) is 36.8 Å². The second-order valence-corrected chi connectivity index (χ2v) is 7.08. The van der Waals surface area contributed by atoms with Gasteiger partial charge in [-0.25, -0.2) is 4.68 Å². The van der Waals surface area contributed by atoms with Gasteiger partial charge in [0.15, 0.2) is 11.5 Å². The fraction of sp³-hybridized carbons (Fsp3) is 0.312. The summed E-state index contributed by atoms with van der Waals surface area (Å²) < 4.78 is 1.64. The molecule has 0 radical (unpaired) electrons. The van der Waals surface area contributed by atoms with E-state index in [9.17, 15) is 4.79 Å². The summed E-state index contributed by atoms with van der Waals surface area (Å²) in [6.07, 6.45) is 3.92. The van der Waals surface area contributed by atoms with Crippen molar-refractivity contribution < 1.29 is 9.63 Å². The minimum absolute atomic E-state index is 0.0821. The van der Waals surface area contributed by atoms with Gasteiger partial charge in [-0.3, -0.25) is 4.79 Å². The molecule has 8 heteroatoms. The number of hydrogen-bond donors (Lipinski definition) is 1. The molecule has 5 rings (SSSR count). The smallest absolute Gasteiger partial charge is 0.272 e. The Kier molecular flexibility index (Phi) is 2.49. The van der Waals surface area contributed by atoms with E-state index in [0.29, 0.717) is 10.8 Å². The lowest BCUT2D eigenvalue weighted by Gasteiger charge is -2.41. The average molecular weight is 339 g/mol. The SMILES string of the molecule is CNc1c(C#Cc2cc3c(s2)ON2C(=O)C4(CC4)C2=C3)nnn1C. The zero-order chi connectivity index (χ0) is 16.5. The van der Waals surface area contributed by atoms with Crippen molar-refractivity contribution in [3.05, 3.63) is 27.9 Å². The summed E-state index contributed by atoms with van der Waals surface area (Å²) in [7, 11) is 3.62. The van der Waals surface area contributed by atoms with Gasteiger partial charge >= 0.3 is 0 Å². The molecule has 4 heterocycles. The lowest BCUT2D eigenvalue weighted by atomic mass is 9.90. The molecular weight excluding hydrogens is 326 g/mol. The van der Waals surface area contributed by atoms with Crippen LogP contribution in [0.3, 0.4) is 0 Å². The molecule has 1 N–H and O–H groups in total. The molecule has 7 nitrogen and oxygen atoms in total. The Morgan fingerprint density at radius 1 is 1.42 bits per heavy atom. The predicted octanol–water partition coefficient (Wildman–Crippen LogP) is 1.59. The lowest BCUT2D eigenvalue weighted by Crippen LogP contribution is -2.54. The van der Waals surface area contributed by atoms with E-state index in [1.54, 1.807) is 4.68 Å². The van der Waals surface area contributed by atoms with Crippen molar-refractivity contribution in [3.63, 3.8) is 0 Å². The normalized spacial score (nSPS) is 18.7. The summed E-state index contributed by atoms with van der Waals surface area (Å²) in [6, 6.07) is 1.99. The molecule has 0 unspecified atom stereocenters. The highest BCUT2D eigenvalue weighted by atomic mass is 32.1. The van der Waals surface area contributed by atoms with Crippen LogP contribution in [-0.2, 0) is 11.8 Å². The number of carbonyl (C=O) groups is 1.